The van der Waals surface area contributed by atoms with Crippen LogP contribution >= 0.6 is 0 Å². The van der Waals surface area contributed by atoms with Gasteiger partial charge in [-0.3, -0.25) is 4.79 Å². The Morgan fingerprint density at radius 2 is 2.00 bits per heavy atom. The summed E-state index contributed by atoms with van der Waals surface area (Å²) in [7, 11) is 0. The number of aromatic nitrogens is 4. The number of hydrogen-bond acceptors (Lipinski definition) is 5. The lowest BCUT2D eigenvalue weighted by molar-refractivity contribution is -0.129. The van der Waals surface area contributed by atoms with E-state index in [9.17, 15) is 4.79 Å². The maximum absolute atomic E-state index is 12.3. The summed E-state index contributed by atoms with van der Waals surface area (Å²) >= 11 is 0. The topological polar surface area (TPSA) is 75.4 Å². The van der Waals surface area contributed by atoms with Crippen molar-refractivity contribution in [3.63, 3.8) is 0 Å². The Bertz CT molecular complexity index is 788. The maximum Gasteiger partial charge on any atom is 0.225 e. The van der Waals surface area contributed by atoms with E-state index in [-0.39, 0.29) is 17.4 Å². The first kappa shape index (κ1) is 16.3. The lowest BCUT2D eigenvalue weighted by atomic mass is 9.94. The van der Waals surface area contributed by atoms with E-state index >= 15 is 0 Å². The second-order valence-corrected chi connectivity index (χ2v) is 8.30. The van der Waals surface area contributed by atoms with E-state index < -0.39 is 0 Å². The van der Waals surface area contributed by atoms with Crippen LogP contribution in [0.15, 0.2) is 12.1 Å². The molecule has 1 aliphatic carbocycles. The Morgan fingerprint density at radius 3 is 2.72 bits per heavy atom. The fourth-order valence-corrected chi connectivity index (χ4v) is 3.27. The van der Waals surface area contributed by atoms with Crippen LogP contribution in [0.3, 0.4) is 0 Å². The third-order valence-corrected chi connectivity index (χ3v) is 4.98. The number of nitrogens with one attached hydrogen (secondary N) is 1. The molecular weight excluding hydrogens is 316 g/mol. The zero-order valence-electron chi connectivity index (χ0n) is 15.2. The minimum absolute atomic E-state index is 0.109. The zero-order chi connectivity index (χ0) is 17.6. The van der Waals surface area contributed by atoms with Gasteiger partial charge >= 0.3 is 0 Å². The molecule has 0 spiro atoms. The van der Waals surface area contributed by atoms with E-state index in [1.807, 2.05) is 37.4 Å². The number of carbonyl (C=O) groups is 1. The molecule has 1 saturated heterocycles. The molecule has 0 bridgehead atoms. The van der Waals surface area contributed by atoms with E-state index in [4.69, 9.17) is 5.10 Å². The van der Waals surface area contributed by atoms with Gasteiger partial charge in [-0.2, -0.15) is 4.52 Å². The Hall–Kier alpha value is -2.18. The van der Waals surface area contributed by atoms with Crippen LogP contribution in [-0.2, 0) is 4.79 Å². The molecule has 2 aromatic rings. The fourth-order valence-electron chi connectivity index (χ4n) is 3.27. The quantitative estimate of drug-likeness (QED) is 0.925. The predicted octanol–water partition coefficient (Wildman–Crippen LogP) is 2.13. The molecule has 134 valence electrons. The number of nitrogens with zero attached hydrogens (tertiary/aromatic N) is 5. The minimum Gasteiger partial charge on any atom is -0.353 e. The number of carbonyl (C=O) groups excluding carboxylic acids is 1. The number of piperidine rings is 1. The molecule has 1 atom stereocenters. The van der Waals surface area contributed by atoms with Crippen LogP contribution in [-0.4, -0.2) is 44.8 Å². The first-order chi connectivity index (χ1) is 11.9. The number of amides is 1. The normalized spacial score (nSPS) is 21.6. The van der Waals surface area contributed by atoms with Crippen molar-refractivity contribution in [3.8, 4) is 0 Å². The molecule has 2 fully saturated rings. The number of hydrogen-bond donors (Lipinski definition) is 1. The van der Waals surface area contributed by atoms with E-state index in [1.165, 1.54) is 12.8 Å². The van der Waals surface area contributed by atoms with Gasteiger partial charge in [0.2, 0.25) is 5.91 Å². The second kappa shape index (κ2) is 5.97. The first-order valence-electron chi connectivity index (χ1n) is 9.20. The summed E-state index contributed by atoms with van der Waals surface area (Å²) in [5.41, 5.74) is 0.446. The lowest BCUT2D eigenvalue weighted by Gasteiger charge is -2.35. The van der Waals surface area contributed by atoms with Crippen molar-refractivity contribution in [2.75, 3.05) is 18.0 Å². The lowest BCUT2D eigenvalue weighted by Crippen LogP contribution is -2.50. The molecule has 1 N–H and O–H groups in total. The van der Waals surface area contributed by atoms with Crippen LogP contribution in [0.1, 0.15) is 58.2 Å². The van der Waals surface area contributed by atoms with Crippen LogP contribution in [0.4, 0.5) is 5.82 Å². The number of rotatable bonds is 3. The Kier molecular flexibility index (Phi) is 3.89. The van der Waals surface area contributed by atoms with E-state index in [1.54, 1.807) is 0 Å². The van der Waals surface area contributed by atoms with Crippen molar-refractivity contribution in [2.45, 2.75) is 58.4 Å². The monoisotopic (exact) mass is 342 g/mol. The van der Waals surface area contributed by atoms with Gasteiger partial charge in [0.1, 0.15) is 5.82 Å². The molecule has 1 amide bonds. The van der Waals surface area contributed by atoms with E-state index in [0.717, 1.165) is 43.2 Å². The number of anilines is 1. The minimum atomic E-state index is -0.360. The third kappa shape index (κ3) is 3.32. The summed E-state index contributed by atoms with van der Waals surface area (Å²) in [6, 6.07) is 4.16. The summed E-state index contributed by atoms with van der Waals surface area (Å²) in [6.07, 6.45) is 4.42. The van der Waals surface area contributed by atoms with Crippen molar-refractivity contribution in [1.29, 1.82) is 0 Å². The van der Waals surface area contributed by atoms with Gasteiger partial charge in [-0.25, -0.2) is 0 Å². The molecular formula is C18H26N6O. The first-order valence-corrected chi connectivity index (χ1v) is 9.20. The highest BCUT2D eigenvalue weighted by molar-refractivity contribution is 5.81. The zero-order valence-corrected chi connectivity index (χ0v) is 15.2. The standard InChI is InChI=1S/C18H26N6O/c1-18(2,3)17(25)19-13-5-4-10-23(11-13)15-9-8-14-20-21-16(12-6-7-12)24(14)22-15/h8-9,12-13H,4-7,10-11H2,1-3H3,(H,19,25). The van der Waals surface area contributed by atoms with Crippen LogP contribution < -0.4 is 10.2 Å². The largest absolute Gasteiger partial charge is 0.353 e. The van der Waals surface area contributed by atoms with E-state index in [2.05, 4.69) is 20.4 Å². The van der Waals surface area contributed by atoms with Gasteiger partial charge < -0.3 is 10.2 Å². The molecule has 0 aromatic carbocycles. The van der Waals surface area contributed by atoms with E-state index in [0.29, 0.717) is 5.92 Å². The molecule has 1 aliphatic heterocycles. The molecule has 4 rings (SSSR count). The van der Waals surface area contributed by atoms with Crippen molar-refractivity contribution in [2.24, 2.45) is 5.41 Å². The van der Waals surface area contributed by atoms with Gasteiger partial charge in [0.25, 0.3) is 0 Å². The van der Waals surface area contributed by atoms with Gasteiger partial charge in [-0.15, -0.1) is 15.3 Å². The van der Waals surface area contributed by atoms with Gasteiger partial charge in [0.05, 0.1) is 0 Å². The van der Waals surface area contributed by atoms with Gasteiger partial charge in [0, 0.05) is 30.5 Å². The average molecular weight is 342 g/mol. The Labute approximate surface area is 147 Å². The summed E-state index contributed by atoms with van der Waals surface area (Å²) in [6.45, 7) is 7.60. The molecule has 2 aliphatic rings. The Morgan fingerprint density at radius 1 is 1.20 bits per heavy atom. The molecule has 3 heterocycles. The molecule has 7 heteroatoms. The van der Waals surface area contributed by atoms with Crippen LogP contribution in [0.5, 0.6) is 0 Å². The summed E-state index contributed by atoms with van der Waals surface area (Å²) < 4.78 is 1.89. The van der Waals surface area contributed by atoms with Gasteiger partial charge in [0.15, 0.2) is 11.5 Å². The van der Waals surface area contributed by atoms with Crippen LogP contribution in [0.2, 0.25) is 0 Å². The average Bonchev–Trinajstić information content (AvgIpc) is 3.33. The molecule has 1 unspecified atom stereocenters. The van der Waals surface area contributed by atoms with Crippen LogP contribution in [0, 0.1) is 5.41 Å². The predicted molar refractivity (Wildman–Crippen MR) is 95.6 cm³/mol. The smallest absolute Gasteiger partial charge is 0.225 e. The summed E-state index contributed by atoms with van der Waals surface area (Å²) in [5.74, 6) is 2.53. The molecule has 7 nitrogen and oxygen atoms in total. The maximum atomic E-state index is 12.3. The highest BCUT2D eigenvalue weighted by Gasteiger charge is 2.30. The van der Waals surface area contributed by atoms with Gasteiger partial charge in [-0.05, 0) is 37.8 Å². The highest BCUT2D eigenvalue weighted by atomic mass is 16.2. The Balaban J connectivity index is 1.52. The number of fused-ring (bicyclic) bond motifs is 1. The van der Waals surface area contributed by atoms with Crippen molar-refractivity contribution < 1.29 is 4.79 Å². The highest BCUT2D eigenvalue weighted by Crippen LogP contribution is 2.38. The third-order valence-electron chi connectivity index (χ3n) is 4.98. The molecule has 0 radical (unpaired) electrons. The summed E-state index contributed by atoms with van der Waals surface area (Å²) in [4.78, 5) is 14.5. The van der Waals surface area contributed by atoms with Crippen molar-refractivity contribution >= 4 is 17.4 Å². The molecule has 2 aromatic heterocycles. The van der Waals surface area contributed by atoms with Crippen molar-refractivity contribution in [1.82, 2.24) is 25.1 Å². The second-order valence-electron chi connectivity index (χ2n) is 8.30. The molecule has 25 heavy (non-hydrogen) atoms. The summed E-state index contributed by atoms with van der Waals surface area (Å²) in [5, 5.41) is 16.5. The van der Waals surface area contributed by atoms with Crippen LogP contribution in [0.25, 0.3) is 5.65 Å². The SMILES string of the molecule is CC(C)(C)C(=O)NC1CCCN(c2ccc3nnc(C4CC4)n3n2)C1. The van der Waals surface area contributed by atoms with Gasteiger partial charge in [-0.1, -0.05) is 20.8 Å². The fraction of sp³-hybridized carbons (Fsp3) is 0.667. The van der Waals surface area contributed by atoms with Crippen molar-refractivity contribution in [3.05, 3.63) is 18.0 Å². The molecule has 1 saturated carbocycles.